The molecule has 1 atom stereocenters. The van der Waals surface area contributed by atoms with E-state index in [2.05, 4.69) is 5.32 Å². The number of benzene rings is 3. The lowest BCUT2D eigenvalue weighted by Crippen LogP contribution is -2.34. The SMILES string of the molecule is CC1Cc2cc(C(=O)Nc3ccccc3-c3nc4ccccc4s3)ccc2N1S(C)(=O)=O. The molecule has 8 heteroatoms. The third kappa shape index (κ3) is 3.65. The zero-order valence-electron chi connectivity index (χ0n) is 17.6. The van der Waals surface area contributed by atoms with Crippen LogP contribution in [0.4, 0.5) is 11.4 Å². The second kappa shape index (κ2) is 7.72. The first kappa shape index (κ1) is 20.7. The summed E-state index contributed by atoms with van der Waals surface area (Å²) in [6, 6.07) is 20.6. The van der Waals surface area contributed by atoms with Crippen LogP contribution >= 0.6 is 11.3 Å². The van der Waals surface area contributed by atoms with E-state index in [-0.39, 0.29) is 11.9 Å². The molecule has 1 aliphatic heterocycles. The standard InChI is InChI=1S/C24H21N3O3S2/c1-15-13-17-14-16(11-12-21(17)27(15)32(2,29)30)23(28)25-19-8-4-3-7-18(19)24-26-20-9-5-6-10-22(20)31-24/h3-12,14-15H,13H2,1-2H3,(H,25,28). The molecule has 6 nitrogen and oxygen atoms in total. The van der Waals surface area contributed by atoms with Crippen molar-refractivity contribution in [3.05, 3.63) is 77.9 Å². The summed E-state index contributed by atoms with van der Waals surface area (Å²) in [5.41, 5.74) is 4.46. The summed E-state index contributed by atoms with van der Waals surface area (Å²) < 4.78 is 26.8. The number of carbonyl (C=O) groups is 1. The smallest absolute Gasteiger partial charge is 0.255 e. The summed E-state index contributed by atoms with van der Waals surface area (Å²) in [4.78, 5) is 17.8. The number of nitrogens with one attached hydrogen (secondary N) is 1. The Kier molecular flexibility index (Phi) is 4.98. The van der Waals surface area contributed by atoms with E-state index < -0.39 is 10.0 Å². The predicted octanol–water partition coefficient (Wildman–Crippen LogP) is 4.93. The minimum Gasteiger partial charge on any atom is -0.321 e. The van der Waals surface area contributed by atoms with E-state index >= 15 is 0 Å². The molecule has 0 aliphatic carbocycles. The second-order valence-corrected chi connectivity index (χ2v) is 10.8. The van der Waals surface area contributed by atoms with Gasteiger partial charge in [0.25, 0.3) is 5.91 Å². The molecule has 1 amide bonds. The fourth-order valence-corrected chi connectivity index (χ4v) is 6.48. The molecule has 1 unspecified atom stereocenters. The fourth-order valence-electron chi connectivity index (χ4n) is 4.21. The van der Waals surface area contributed by atoms with Crippen molar-refractivity contribution in [2.45, 2.75) is 19.4 Å². The van der Waals surface area contributed by atoms with Crippen LogP contribution in [-0.2, 0) is 16.4 Å². The Bertz CT molecular complexity index is 1430. The Morgan fingerprint density at radius 2 is 1.84 bits per heavy atom. The molecule has 0 spiro atoms. The van der Waals surface area contributed by atoms with E-state index in [0.29, 0.717) is 23.4 Å². The van der Waals surface area contributed by atoms with Gasteiger partial charge >= 0.3 is 0 Å². The van der Waals surface area contributed by atoms with Gasteiger partial charge in [0.15, 0.2) is 0 Å². The van der Waals surface area contributed by atoms with Crippen LogP contribution in [0.15, 0.2) is 66.7 Å². The molecule has 4 aromatic rings. The minimum atomic E-state index is -3.37. The maximum Gasteiger partial charge on any atom is 0.255 e. The number of carbonyl (C=O) groups excluding carboxylic acids is 1. The molecule has 32 heavy (non-hydrogen) atoms. The van der Waals surface area contributed by atoms with Gasteiger partial charge in [0.05, 0.1) is 27.8 Å². The highest BCUT2D eigenvalue weighted by atomic mass is 32.2. The van der Waals surface area contributed by atoms with Gasteiger partial charge < -0.3 is 5.32 Å². The number of aromatic nitrogens is 1. The van der Waals surface area contributed by atoms with Gasteiger partial charge in [0.1, 0.15) is 5.01 Å². The highest BCUT2D eigenvalue weighted by Gasteiger charge is 2.32. The summed E-state index contributed by atoms with van der Waals surface area (Å²) in [6.07, 6.45) is 1.78. The molecule has 1 N–H and O–H groups in total. The Balaban J connectivity index is 1.45. The van der Waals surface area contributed by atoms with Gasteiger partial charge in [-0.15, -0.1) is 11.3 Å². The molecule has 1 aromatic heterocycles. The van der Waals surface area contributed by atoms with Crippen molar-refractivity contribution in [2.75, 3.05) is 15.9 Å². The molecule has 5 rings (SSSR count). The van der Waals surface area contributed by atoms with Crippen molar-refractivity contribution in [1.29, 1.82) is 0 Å². The third-order valence-electron chi connectivity index (χ3n) is 5.55. The molecule has 1 aliphatic rings. The van der Waals surface area contributed by atoms with E-state index in [1.807, 2.05) is 55.5 Å². The number of amides is 1. The number of sulfonamides is 1. The largest absolute Gasteiger partial charge is 0.321 e. The van der Waals surface area contributed by atoms with Gasteiger partial charge in [-0.1, -0.05) is 24.3 Å². The number of hydrogen-bond acceptors (Lipinski definition) is 5. The molecule has 3 aromatic carbocycles. The molecule has 0 saturated heterocycles. The number of hydrogen-bond donors (Lipinski definition) is 1. The van der Waals surface area contributed by atoms with Crippen LogP contribution in [-0.4, -0.2) is 31.6 Å². The van der Waals surface area contributed by atoms with Crippen molar-refractivity contribution in [1.82, 2.24) is 4.98 Å². The van der Waals surface area contributed by atoms with Crippen LogP contribution in [0.1, 0.15) is 22.8 Å². The zero-order valence-corrected chi connectivity index (χ0v) is 19.2. The number of rotatable bonds is 4. The number of thiazole rings is 1. The highest BCUT2D eigenvalue weighted by Crippen LogP contribution is 2.36. The van der Waals surface area contributed by atoms with E-state index in [4.69, 9.17) is 4.98 Å². The van der Waals surface area contributed by atoms with E-state index in [9.17, 15) is 13.2 Å². The summed E-state index contributed by atoms with van der Waals surface area (Å²) in [6.45, 7) is 1.87. The van der Waals surface area contributed by atoms with Gasteiger partial charge in [-0.2, -0.15) is 0 Å². The number of fused-ring (bicyclic) bond motifs is 2. The molecular formula is C24H21N3O3S2. The van der Waals surface area contributed by atoms with Gasteiger partial charge in [0, 0.05) is 17.2 Å². The topological polar surface area (TPSA) is 79.4 Å². The quantitative estimate of drug-likeness (QED) is 0.466. The Morgan fingerprint density at radius 3 is 2.62 bits per heavy atom. The van der Waals surface area contributed by atoms with Crippen LogP contribution in [0.25, 0.3) is 20.8 Å². The Morgan fingerprint density at radius 1 is 1.09 bits per heavy atom. The number of anilines is 2. The van der Waals surface area contributed by atoms with E-state index in [1.165, 1.54) is 10.6 Å². The fraction of sp³-hybridized carbons (Fsp3) is 0.167. The van der Waals surface area contributed by atoms with Crippen LogP contribution in [0.3, 0.4) is 0 Å². The van der Waals surface area contributed by atoms with Crippen molar-refractivity contribution < 1.29 is 13.2 Å². The average Bonchev–Trinajstić information content (AvgIpc) is 3.33. The van der Waals surface area contributed by atoms with Crippen LogP contribution < -0.4 is 9.62 Å². The van der Waals surface area contributed by atoms with Crippen molar-refractivity contribution in [3.63, 3.8) is 0 Å². The molecule has 162 valence electrons. The summed E-state index contributed by atoms with van der Waals surface area (Å²) in [7, 11) is -3.37. The summed E-state index contributed by atoms with van der Waals surface area (Å²) in [5.74, 6) is -0.244. The van der Waals surface area contributed by atoms with Crippen LogP contribution in [0, 0.1) is 0 Å². The molecule has 0 fully saturated rings. The lowest BCUT2D eigenvalue weighted by atomic mass is 10.1. The highest BCUT2D eigenvalue weighted by molar-refractivity contribution is 7.92. The lowest BCUT2D eigenvalue weighted by Gasteiger charge is -2.21. The van der Waals surface area contributed by atoms with Gasteiger partial charge in [-0.05, 0) is 61.4 Å². The molecule has 2 heterocycles. The van der Waals surface area contributed by atoms with Gasteiger partial charge in [0.2, 0.25) is 10.0 Å². The molecule has 0 radical (unpaired) electrons. The monoisotopic (exact) mass is 463 g/mol. The maximum atomic E-state index is 13.1. The first-order valence-electron chi connectivity index (χ1n) is 10.2. The normalized spacial score (nSPS) is 15.7. The Hall–Kier alpha value is -3.23. The number of nitrogens with zero attached hydrogens (tertiary/aromatic N) is 2. The van der Waals surface area contributed by atoms with E-state index in [0.717, 1.165) is 26.4 Å². The molecule has 0 saturated carbocycles. The first-order valence-corrected chi connectivity index (χ1v) is 12.9. The molecular weight excluding hydrogens is 442 g/mol. The zero-order chi connectivity index (χ0) is 22.5. The van der Waals surface area contributed by atoms with Crippen molar-refractivity contribution in [2.24, 2.45) is 0 Å². The predicted molar refractivity (Wildman–Crippen MR) is 130 cm³/mol. The van der Waals surface area contributed by atoms with Crippen molar-refractivity contribution in [3.8, 4) is 10.6 Å². The Labute approximate surface area is 190 Å². The average molecular weight is 464 g/mol. The van der Waals surface area contributed by atoms with Gasteiger partial charge in [-0.25, -0.2) is 13.4 Å². The minimum absolute atomic E-state index is 0.168. The van der Waals surface area contributed by atoms with Gasteiger partial charge in [-0.3, -0.25) is 9.10 Å². The maximum absolute atomic E-state index is 13.1. The second-order valence-electron chi connectivity index (χ2n) is 7.94. The first-order chi connectivity index (χ1) is 15.3. The molecule has 0 bridgehead atoms. The van der Waals surface area contributed by atoms with E-state index in [1.54, 1.807) is 29.5 Å². The lowest BCUT2D eigenvalue weighted by molar-refractivity contribution is 0.102. The third-order valence-corrected chi connectivity index (χ3v) is 7.89. The van der Waals surface area contributed by atoms with Crippen molar-refractivity contribution >= 4 is 48.9 Å². The van der Waals surface area contributed by atoms with Crippen LogP contribution in [0.2, 0.25) is 0 Å². The number of para-hydroxylation sites is 2. The summed E-state index contributed by atoms with van der Waals surface area (Å²) >= 11 is 1.58. The van der Waals surface area contributed by atoms with Crippen LogP contribution in [0.5, 0.6) is 0 Å². The summed E-state index contributed by atoms with van der Waals surface area (Å²) in [5, 5.41) is 3.85.